The molecule has 0 amide bonds. The van der Waals surface area contributed by atoms with Gasteiger partial charge >= 0.3 is 11.9 Å². The number of carbonyl (C=O) groups excluding carboxylic acids is 1. The first-order chi connectivity index (χ1) is 8.21. The van der Waals surface area contributed by atoms with Gasteiger partial charge in [0.2, 0.25) is 0 Å². The molecule has 0 heterocycles. The largest absolute Gasteiger partial charge is 0.480 e. The van der Waals surface area contributed by atoms with Crippen LogP contribution < -0.4 is 0 Å². The van der Waals surface area contributed by atoms with Gasteiger partial charge < -0.3 is 14.6 Å². The van der Waals surface area contributed by atoms with Crippen molar-refractivity contribution in [3.8, 4) is 0 Å². The van der Waals surface area contributed by atoms with E-state index in [0.29, 0.717) is 6.42 Å². The van der Waals surface area contributed by atoms with Crippen LogP contribution in [0.5, 0.6) is 0 Å². The van der Waals surface area contributed by atoms with Crippen LogP contribution in [0.25, 0.3) is 0 Å². The summed E-state index contributed by atoms with van der Waals surface area (Å²) in [4.78, 5) is 23.3. The molecule has 0 aliphatic heterocycles. The summed E-state index contributed by atoms with van der Waals surface area (Å²) >= 11 is 0. The topological polar surface area (TPSA) is 72.8 Å². The summed E-state index contributed by atoms with van der Waals surface area (Å²) in [7, 11) is 0. The molecule has 2 unspecified atom stereocenters. The smallest absolute Gasteiger partial charge is 0.323 e. The van der Waals surface area contributed by atoms with E-state index in [1.54, 1.807) is 6.92 Å². The van der Waals surface area contributed by atoms with Crippen molar-refractivity contribution >= 4 is 11.9 Å². The normalized spacial score (nSPS) is 28.1. The van der Waals surface area contributed by atoms with Crippen LogP contribution in [-0.4, -0.2) is 35.4 Å². The summed E-state index contributed by atoms with van der Waals surface area (Å²) < 4.78 is 10.7. The van der Waals surface area contributed by atoms with E-state index in [2.05, 4.69) is 0 Å². The Morgan fingerprint density at radius 2 is 2.00 bits per heavy atom. The first kappa shape index (κ1) is 15.0. The molecule has 2 atom stereocenters. The van der Waals surface area contributed by atoms with E-state index in [-0.39, 0.29) is 31.2 Å². The van der Waals surface area contributed by atoms with Crippen LogP contribution in [0.1, 0.15) is 47.0 Å². The maximum atomic E-state index is 11.9. The molecule has 0 spiro atoms. The Morgan fingerprint density at radius 3 is 2.44 bits per heavy atom. The molecule has 104 valence electrons. The average Bonchev–Trinajstić information content (AvgIpc) is 2.60. The Hall–Kier alpha value is -1.10. The van der Waals surface area contributed by atoms with E-state index in [9.17, 15) is 14.7 Å². The molecular formula is C13H22O5. The van der Waals surface area contributed by atoms with Gasteiger partial charge in [-0.1, -0.05) is 0 Å². The van der Waals surface area contributed by atoms with Crippen molar-refractivity contribution < 1.29 is 24.2 Å². The number of carboxylic acid groups (broad SMARTS) is 1. The summed E-state index contributed by atoms with van der Waals surface area (Å²) in [5, 5.41) is 9.32. The molecule has 1 N–H and O–H groups in total. The number of aliphatic carboxylic acids is 1. The molecule has 0 aromatic rings. The second-order valence-corrected chi connectivity index (χ2v) is 5.70. The molecule has 0 aromatic carbocycles. The Kier molecular flexibility index (Phi) is 4.37. The first-order valence-corrected chi connectivity index (χ1v) is 6.30. The molecule has 0 saturated heterocycles. The Balaban J connectivity index is 2.79. The highest BCUT2D eigenvalue weighted by Gasteiger charge is 2.53. The average molecular weight is 258 g/mol. The zero-order valence-corrected chi connectivity index (χ0v) is 11.5. The van der Waals surface area contributed by atoms with Crippen LogP contribution in [0, 0.1) is 5.41 Å². The van der Waals surface area contributed by atoms with Gasteiger partial charge in [-0.15, -0.1) is 0 Å². The van der Waals surface area contributed by atoms with E-state index >= 15 is 0 Å². The fraction of sp³-hybridized carbons (Fsp3) is 0.846. The summed E-state index contributed by atoms with van der Waals surface area (Å²) in [6.45, 7) is 7.61. The summed E-state index contributed by atoms with van der Waals surface area (Å²) in [6.07, 6.45) is 0.841. The van der Waals surface area contributed by atoms with Crippen LogP contribution >= 0.6 is 0 Å². The van der Waals surface area contributed by atoms with Crippen molar-refractivity contribution in [2.45, 2.75) is 58.7 Å². The molecule has 1 aliphatic carbocycles. The summed E-state index contributed by atoms with van der Waals surface area (Å²) in [5.41, 5.74) is -1.76. The number of ether oxygens (including phenoxy) is 2. The number of hydrogen-bond donors (Lipinski definition) is 1. The third kappa shape index (κ3) is 3.22. The zero-order chi connectivity index (χ0) is 14.0. The van der Waals surface area contributed by atoms with E-state index in [0.717, 1.165) is 0 Å². The fourth-order valence-corrected chi connectivity index (χ4v) is 2.34. The first-order valence-electron chi connectivity index (χ1n) is 6.30. The molecule has 0 bridgehead atoms. The summed E-state index contributed by atoms with van der Waals surface area (Å²) in [6, 6.07) is 0. The quantitative estimate of drug-likeness (QED) is 0.616. The third-order valence-electron chi connectivity index (χ3n) is 3.06. The molecule has 0 radical (unpaired) electrons. The molecule has 0 aromatic heterocycles. The second-order valence-electron chi connectivity index (χ2n) is 5.70. The van der Waals surface area contributed by atoms with Gasteiger partial charge in [0, 0.05) is 6.42 Å². The minimum atomic E-state index is -1.42. The standard InChI is InChI=1S/C13H22O5/c1-5-17-11(16)13(10(14)15)7-6-9(8-13)18-12(2,3)4/h9H,5-8H2,1-4H3,(H,14,15). The highest BCUT2D eigenvalue weighted by atomic mass is 16.5. The highest BCUT2D eigenvalue weighted by Crippen LogP contribution is 2.42. The number of rotatable bonds is 4. The minimum Gasteiger partial charge on any atom is -0.480 e. The maximum absolute atomic E-state index is 11.9. The second kappa shape index (κ2) is 5.26. The van der Waals surface area contributed by atoms with Crippen LogP contribution in [0.4, 0.5) is 0 Å². The molecule has 5 nitrogen and oxygen atoms in total. The molecule has 1 fully saturated rings. The van der Waals surface area contributed by atoms with Gasteiger partial charge in [-0.2, -0.15) is 0 Å². The van der Waals surface area contributed by atoms with Crippen molar-refractivity contribution in [2.75, 3.05) is 6.61 Å². The molecule has 1 aliphatic rings. The van der Waals surface area contributed by atoms with Gasteiger partial charge in [0.05, 0.1) is 18.3 Å². The van der Waals surface area contributed by atoms with Crippen LogP contribution in [0.2, 0.25) is 0 Å². The van der Waals surface area contributed by atoms with E-state index in [4.69, 9.17) is 9.47 Å². The predicted molar refractivity (Wildman–Crippen MR) is 65.2 cm³/mol. The Bertz CT molecular complexity index is 331. The van der Waals surface area contributed by atoms with E-state index in [1.807, 2.05) is 20.8 Å². The van der Waals surface area contributed by atoms with Crippen molar-refractivity contribution in [1.29, 1.82) is 0 Å². The van der Waals surface area contributed by atoms with Crippen LogP contribution in [-0.2, 0) is 19.1 Å². The monoisotopic (exact) mass is 258 g/mol. The van der Waals surface area contributed by atoms with Gasteiger partial charge in [-0.3, -0.25) is 9.59 Å². The number of esters is 1. The lowest BCUT2D eigenvalue weighted by molar-refractivity contribution is -0.169. The van der Waals surface area contributed by atoms with Gasteiger partial charge in [-0.25, -0.2) is 0 Å². The molecule has 1 rings (SSSR count). The van der Waals surface area contributed by atoms with Crippen molar-refractivity contribution in [3.05, 3.63) is 0 Å². The molecule has 1 saturated carbocycles. The van der Waals surface area contributed by atoms with E-state index < -0.39 is 17.4 Å². The summed E-state index contributed by atoms with van der Waals surface area (Å²) in [5.74, 6) is -1.75. The Labute approximate surface area is 107 Å². The van der Waals surface area contributed by atoms with Gasteiger partial charge in [-0.05, 0) is 40.5 Å². The van der Waals surface area contributed by atoms with Crippen molar-refractivity contribution in [2.24, 2.45) is 5.41 Å². The Morgan fingerprint density at radius 1 is 1.39 bits per heavy atom. The number of carbonyl (C=O) groups is 2. The van der Waals surface area contributed by atoms with E-state index in [1.165, 1.54) is 0 Å². The SMILES string of the molecule is CCOC(=O)C1(C(=O)O)CCC(OC(C)(C)C)C1. The van der Waals surface area contributed by atoms with Gasteiger partial charge in [0.1, 0.15) is 0 Å². The van der Waals surface area contributed by atoms with Crippen molar-refractivity contribution in [1.82, 2.24) is 0 Å². The fourth-order valence-electron chi connectivity index (χ4n) is 2.34. The molecule has 18 heavy (non-hydrogen) atoms. The van der Waals surface area contributed by atoms with Gasteiger partial charge in [0.25, 0.3) is 0 Å². The number of hydrogen-bond acceptors (Lipinski definition) is 4. The predicted octanol–water partition coefficient (Wildman–Crippen LogP) is 1.99. The lowest BCUT2D eigenvalue weighted by Gasteiger charge is -2.26. The lowest BCUT2D eigenvalue weighted by atomic mass is 9.86. The van der Waals surface area contributed by atoms with Gasteiger partial charge in [0.15, 0.2) is 5.41 Å². The minimum absolute atomic E-state index is 0.193. The highest BCUT2D eigenvalue weighted by molar-refractivity contribution is 5.99. The van der Waals surface area contributed by atoms with Crippen LogP contribution in [0.15, 0.2) is 0 Å². The zero-order valence-electron chi connectivity index (χ0n) is 11.5. The lowest BCUT2D eigenvalue weighted by Crippen LogP contribution is -2.39. The molecular weight excluding hydrogens is 236 g/mol. The van der Waals surface area contributed by atoms with Crippen LogP contribution in [0.3, 0.4) is 0 Å². The maximum Gasteiger partial charge on any atom is 0.323 e. The van der Waals surface area contributed by atoms with Crippen molar-refractivity contribution in [3.63, 3.8) is 0 Å². The number of carboxylic acids is 1. The molecule has 5 heteroatoms. The third-order valence-corrected chi connectivity index (χ3v) is 3.06.